The summed E-state index contributed by atoms with van der Waals surface area (Å²) in [5, 5.41) is 0. The maximum Gasteiger partial charge on any atom is 0.318 e. The van der Waals surface area contributed by atoms with Crippen LogP contribution in [0.4, 0.5) is 0 Å². The van der Waals surface area contributed by atoms with Crippen LogP contribution in [0.25, 0.3) is 0 Å². The molecule has 0 aromatic rings. The Balaban J connectivity index is 2.21. The number of esters is 1. The second-order valence-electron chi connectivity index (χ2n) is 4.63. The normalized spacial score (nSPS) is 22.1. The van der Waals surface area contributed by atoms with Gasteiger partial charge in [-0.3, -0.25) is 4.79 Å². The molecule has 1 saturated heterocycles. The third kappa shape index (κ3) is 4.68. The monoisotopic (exact) mass is 326 g/mol. The van der Waals surface area contributed by atoms with Crippen LogP contribution in [0.15, 0.2) is 0 Å². The molecule has 1 fully saturated rings. The summed E-state index contributed by atoms with van der Waals surface area (Å²) >= 11 is 2.09. The topological polar surface area (TPSA) is 26.3 Å². The van der Waals surface area contributed by atoms with E-state index in [1.807, 2.05) is 6.92 Å². The van der Waals surface area contributed by atoms with E-state index in [-0.39, 0.29) is 9.89 Å². The van der Waals surface area contributed by atoms with E-state index in [4.69, 9.17) is 4.74 Å². The molecule has 0 aromatic heterocycles. The first-order valence-corrected chi connectivity index (χ1v) is 6.92. The molecule has 15 heavy (non-hydrogen) atoms. The van der Waals surface area contributed by atoms with Crippen molar-refractivity contribution in [3.8, 4) is 0 Å². The predicted molar refractivity (Wildman–Crippen MR) is 69.1 cm³/mol. The average Bonchev–Trinajstić information content (AvgIpc) is 2.18. The maximum absolute atomic E-state index is 11.3. The number of quaternary nitrogens is 1. The van der Waals surface area contributed by atoms with Gasteiger partial charge in [0.05, 0.1) is 20.1 Å². The minimum absolute atomic E-state index is 0.0331. The van der Waals surface area contributed by atoms with Crippen molar-refractivity contribution in [1.82, 2.24) is 0 Å². The van der Waals surface area contributed by atoms with Gasteiger partial charge in [0.2, 0.25) is 0 Å². The number of hydrogen-bond acceptors (Lipinski definition) is 2. The molecule has 1 unspecified atom stereocenters. The quantitative estimate of drug-likeness (QED) is 0.342. The van der Waals surface area contributed by atoms with E-state index in [2.05, 4.69) is 29.6 Å². The Morgan fingerprint density at radius 3 is 2.53 bits per heavy atom. The van der Waals surface area contributed by atoms with Gasteiger partial charge in [0.1, 0.15) is 17.1 Å². The maximum atomic E-state index is 11.3. The van der Waals surface area contributed by atoms with Crippen LogP contribution in [0.1, 0.15) is 26.2 Å². The standard InChI is InChI=1S/C11H21INO2/c1-10(12)11(14)15-9-8-13(2)6-4-3-5-7-13/h10H,3-9H2,1-2H3/q+1. The highest BCUT2D eigenvalue weighted by Gasteiger charge is 2.24. The van der Waals surface area contributed by atoms with Crippen LogP contribution in [0.3, 0.4) is 0 Å². The number of ether oxygens (including phenoxy) is 1. The first kappa shape index (κ1) is 13.2. The molecule has 1 aliphatic rings. The number of rotatable bonds is 4. The molecule has 0 amide bonds. The van der Waals surface area contributed by atoms with Crippen LogP contribution in [-0.2, 0) is 9.53 Å². The van der Waals surface area contributed by atoms with Crippen molar-refractivity contribution in [3.05, 3.63) is 0 Å². The number of halogens is 1. The number of likely N-dealkylation sites (N-methyl/N-ethyl adjacent to an activating group) is 1. The Kier molecular flexibility index (Phi) is 5.32. The zero-order valence-corrected chi connectivity index (χ0v) is 11.8. The van der Waals surface area contributed by atoms with Gasteiger partial charge in [-0.15, -0.1) is 0 Å². The minimum atomic E-state index is -0.0841. The summed E-state index contributed by atoms with van der Waals surface area (Å²) in [4.78, 5) is 11.3. The Morgan fingerprint density at radius 1 is 1.40 bits per heavy atom. The van der Waals surface area contributed by atoms with Crippen LogP contribution in [0, 0.1) is 0 Å². The summed E-state index contributed by atoms with van der Waals surface area (Å²) in [5.74, 6) is -0.0841. The van der Waals surface area contributed by atoms with Crippen molar-refractivity contribution in [2.24, 2.45) is 0 Å². The van der Waals surface area contributed by atoms with Gasteiger partial charge < -0.3 is 9.22 Å². The molecule has 88 valence electrons. The molecule has 0 saturated carbocycles. The summed E-state index contributed by atoms with van der Waals surface area (Å²) in [5.41, 5.74) is 0. The number of likely N-dealkylation sites (tertiary alicyclic amines) is 1. The second-order valence-corrected chi connectivity index (χ2v) is 6.50. The van der Waals surface area contributed by atoms with Crippen molar-refractivity contribution < 1.29 is 14.0 Å². The van der Waals surface area contributed by atoms with Crippen LogP contribution < -0.4 is 0 Å². The Bertz CT molecular complexity index is 213. The molecule has 0 aliphatic carbocycles. The predicted octanol–water partition coefficient (Wildman–Crippen LogP) is 1.98. The molecule has 0 spiro atoms. The molecule has 0 N–H and O–H groups in total. The van der Waals surface area contributed by atoms with E-state index in [0.29, 0.717) is 6.61 Å². The molecule has 1 heterocycles. The summed E-state index contributed by atoms with van der Waals surface area (Å²) in [6.07, 6.45) is 3.98. The van der Waals surface area contributed by atoms with E-state index in [1.54, 1.807) is 0 Å². The third-order valence-corrected chi connectivity index (χ3v) is 3.60. The van der Waals surface area contributed by atoms with Crippen molar-refractivity contribution in [2.45, 2.75) is 30.1 Å². The summed E-state index contributed by atoms with van der Waals surface area (Å²) in [6.45, 7) is 5.87. The Morgan fingerprint density at radius 2 is 2.00 bits per heavy atom. The van der Waals surface area contributed by atoms with Gasteiger partial charge in [-0.25, -0.2) is 0 Å². The Hall–Kier alpha value is 0.160. The lowest BCUT2D eigenvalue weighted by molar-refractivity contribution is -0.914. The van der Waals surface area contributed by atoms with Crippen LogP contribution in [-0.4, -0.2) is 47.7 Å². The zero-order valence-electron chi connectivity index (χ0n) is 9.67. The molecule has 0 radical (unpaired) electrons. The highest BCUT2D eigenvalue weighted by molar-refractivity contribution is 14.1. The van der Waals surface area contributed by atoms with Gasteiger partial charge in [-0.05, 0) is 26.2 Å². The van der Waals surface area contributed by atoms with Crippen molar-refractivity contribution in [1.29, 1.82) is 0 Å². The lowest BCUT2D eigenvalue weighted by Gasteiger charge is -2.37. The van der Waals surface area contributed by atoms with Gasteiger partial charge in [0.15, 0.2) is 0 Å². The zero-order chi connectivity index (χ0) is 11.3. The van der Waals surface area contributed by atoms with Crippen LogP contribution >= 0.6 is 22.6 Å². The van der Waals surface area contributed by atoms with Crippen LogP contribution in [0.5, 0.6) is 0 Å². The SMILES string of the molecule is CC(I)C(=O)OCC[N+]1(C)CCCCC1. The van der Waals surface area contributed by atoms with E-state index in [1.165, 1.54) is 32.4 Å². The molecular formula is C11H21INO2+. The number of piperidine rings is 1. The van der Waals surface area contributed by atoms with Crippen molar-refractivity contribution in [3.63, 3.8) is 0 Å². The fourth-order valence-corrected chi connectivity index (χ4v) is 2.16. The van der Waals surface area contributed by atoms with Gasteiger partial charge in [-0.2, -0.15) is 0 Å². The first-order valence-electron chi connectivity index (χ1n) is 5.68. The van der Waals surface area contributed by atoms with E-state index in [9.17, 15) is 4.79 Å². The fraction of sp³-hybridized carbons (Fsp3) is 0.909. The molecule has 1 aliphatic heterocycles. The number of carbonyl (C=O) groups excluding carboxylic acids is 1. The molecule has 1 atom stereocenters. The largest absolute Gasteiger partial charge is 0.459 e. The number of alkyl halides is 1. The van der Waals surface area contributed by atoms with Crippen molar-refractivity contribution in [2.75, 3.05) is 33.3 Å². The fourth-order valence-electron chi connectivity index (χ4n) is 1.98. The molecule has 4 heteroatoms. The molecular weight excluding hydrogens is 305 g/mol. The molecule has 1 rings (SSSR count). The lowest BCUT2D eigenvalue weighted by Crippen LogP contribution is -2.50. The number of nitrogens with zero attached hydrogens (tertiary/aromatic N) is 1. The smallest absolute Gasteiger partial charge is 0.318 e. The summed E-state index contributed by atoms with van der Waals surface area (Å²) < 4.78 is 6.25. The Labute approximate surface area is 106 Å². The number of hydrogen-bond donors (Lipinski definition) is 0. The van der Waals surface area contributed by atoms with Crippen molar-refractivity contribution >= 4 is 28.6 Å². The molecule has 3 nitrogen and oxygen atoms in total. The van der Waals surface area contributed by atoms with Gasteiger partial charge >= 0.3 is 5.97 Å². The van der Waals surface area contributed by atoms with Gasteiger partial charge in [0.25, 0.3) is 0 Å². The van der Waals surface area contributed by atoms with Gasteiger partial charge in [0, 0.05) is 0 Å². The number of carbonyl (C=O) groups is 1. The average molecular weight is 326 g/mol. The minimum Gasteiger partial charge on any atom is -0.459 e. The van der Waals surface area contributed by atoms with E-state index in [0.717, 1.165) is 11.0 Å². The first-order chi connectivity index (χ1) is 7.03. The highest BCUT2D eigenvalue weighted by Crippen LogP contribution is 2.15. The lowest BCUT2D eigenvalue weighted by atomic mass is 10.1. The summed E-state index contributed by atoms with van der Waals surface area (Å²) in [7, 11) is 2.26. The summed E-state index contributed by atoms with van der Waals surface area (Å²) in [6, 6.07) is 0. The van der Waals surface area contributed by atoms with E-state index < -0.39 is 0 Å². The molecule has 0 aromatic carbocycles. The second kappa shape index (κ2) is 6.03. The third-order valence-electron chi connectivity index (χ3n) is 3.10. The molecule has 0 bridgehead atoms. The van der Waals surface area contributed by atoms with Gasteiger partial charge in [-0.1, -0.05) is 22.6 Å². The van der Waals surface area contributed by atoms with Crippen LogP contribution in [0.2, 0.25) is 0 Å². The van der Waals surface area contributed by atoms with E-state index >= 15 is 0 Å². The highest BCUT2D eigenvalue weighted by atomic mass is 127.